The monoisotopic (exact) mass is 276 g/mol. The number of halogens is 3. The van der Waals surface area contributed by atoms with Gasteiger partial charge in [0.1, 0.15) is 23.0 Å². The Labute approximate surface area is 111 Å². The van der Waals surface area contributed by atoms with Crippen LogP contribution in [0.5, 0.6) is 0 Å². The fraction of sp³-hybridized carbons (Fsp3) is 0. The van der Waals surface area contributed by atoms with E-state index in [-0.39, 0.29) is 16.7 Å². The maximum Gasteiger partial charge on any atom is 0.336 e. The first-order chi connectivity index (χ1) is 9.52. The van der Waals surface area contributed by atoms with Gasteiger partial charge in [0.2, 0.25) is 0 Å². The van der Waals surface area contributed by atoms with Crippen molar-refractivity contribution in [3.63, 3.8) is 0 Å². The second kappa shape index (κ2) is 4.52. The van der Waals surface area contributed by atoms with E-state index in [9.17, 15) is 18.0 Å². The molecule has 0 saturated heterocycles. The van der Waals surface area contributed by atoms with Crippen molar-refractivity contribution in [1.82, 2.24) is 0 Å². The topological polar surface area (TPSA) is 30.2 Å². The van der Waals surface area contributed by atoms with Crippen LogP contribution in [0.15, 0.2) is 51.7 Å². The van der Waals surface area contributed by atoms with Crippen LogP contribution < -0.4 is 5.63 Å². The van der Waals surface area contributed by atoms with E-state index in [0.717, 1.165) is 30.3 Å². The van der Waals surface area contributed by atoms with Gasteiger partial charge in [-0.1, -0.05) is 0 Å². The van der Waals surface area contributed by atoms with Crippen LogP contribution in [-0.4, -0.2) is 0 Å². The number of hydrogen-bond acceptors (Lipinski definition) is 2. The molecule has 0 atom stereocenters. The molecular weight excluding hydrogens is 269 g/mol. The Bertz CT molecular complexity index is 848. The normalized spacial score (nSPS) is 10.9. The minimum Gasteiger partial charge on any atom is -0.423 e. The average molecular weight is 276 g/mol. The standard InChI is InChI=1S/C15H7F3O2/c16-9-1-2-12-13(7-15(19)20-14(12)6-9)8-3-10(17)5-11(18)4-8/h1-7H. The summed E-state index contributed by atoms with van der Waals surface area (Å²) in [7, 11) is 0. The van der Waals surface area contributed by atoms with Gasteiger partial charge in [-0.05, 0) is 29.8 Å². The average Bonchev–Trinajstić information content (AvgIpc) is 2.36. The zero-order valence-electron chi connectivity index (χ0n) is 9.99. The van der Waals surface area contributed by atoms with Crippen LogP contribution in [0.4, 0.5) is 13.2 Å². The molecule has 3 rings (SSSR count). The predicted molar refractivity (Wildman–Crippen MR) is 67.8 cm³/mol. The van der Waals surface area contributed by atoms with Crippen LogP contribution in [0.2, 0.25) is 0 Å². The van der Waals surface area contributed by atoms with Crippen molar-refractivity contribution in [2.24, 2.45) is 0 Å². The maximum atomic E-state index is 13.3. The predicted octanol–water partition coefficient (Wildman–Crippen LogP) is 3.88. The molecule has 2 aromatic carbocycles. The summed E-state index contributed by atoms with van der Waals surface area (Å²) in [6.07, 6.45) is 0. The van der Waals surface area contributed by atoms with Crippen LogP contribution in [0.1, 0.15) is 0 Å². The summed E-state index contributed by atoms with van der Waals surface area (Å²) >= 11 is 0. The fourth-order valence-corrected chi connectivity index (χ4v) is 2.08. The zero-order chi connectivity index (χ0) is 14.3. The zero-order valence-corrected chi connectivity index (χ0v) is 9.99. The van der Waals surface area contributed by atoms with E-state index in [1.807, 2.05) is 0 Å². The molecule has 1 heterocycles. The lowest BCUT2D eigenvalue weighted by Gasteiger charge is -2.06. The summed E-state index contributed by atoms with van der Waals surface area (Å²) in [5.41, 5.74) is -0.221. The largest absolute Gasteiger partial charge is 0.423 e. The second-order valence-electron chi connectivity index (χ2n) is 4.28. The summed E-state index contributed by atoms with van der Waals surface area (Å²) < 4.78 is 44.6. The Hall–Kier alpha value is -2.56. The molecule has 0 aliphatic heterocycles. The van der Waals surface area contributed by atoms with Gasteiger partial charge in [-0.15, -0.1) is 0 Å². The van der Waals surface area contributed by atoms with Crippen LogP contribution >= 0.6 is 0 Å². The molecule has 0 unspecified atom stereocenters. The molecule has 0 fully saturated rings. The third-order valence-corrected chi connectivity index (χ3v) is 2.88. The van der Waals surface area contributed by atoms with Crippen LogP contribution in [-0.2, 0) is 0 Å². The highest BCUT2D eigenvalue weighted by molar-refractivity contribution is 5.93. The van der Waals surface area contributed by atoms with Crippen molar-refractivity contribution in [1.29, 1.82) is 0 Å². The van der Waals surface area contributed by atoms with Crippen LogP contribution in [0, 0.1) is 17.5 Å². The third-order valence-electron chi connectivity index (χ3n) is 2.88. The number of hydrogen-bond donors (Lipinski definition) is 0. The van der Waals surface area contributed by atoms with Gasteiger partial charge < -0.3 is 4.42 Å². The first kappa shape index (κ1) is 12.5. The Morgan fingerprint density at radius 1 is 0.800 bits per heavy atom. The SMILES string of the molecule is O=c1cc(-c2cc(F)cc(F)c2)c2ccc(F)cc2o1. The Balaban J connectivity index is 2.38. The lowest BCUT2D eigenvalue weighted by Crippen LogP contribution is -1.99. The van der Waals surface area contributed by atoms with E-state index in [1.165, 1.54) is 12.1 Å². The third kappa shape index (κ3) is 2.18. The van der Waals surface area contributed by atoms with Gasteiger partial charge in [0.25, 0.3) is 0 Å². The maximum absolute atomic E-state index is 13.3. The highest BCUT2D eigenvalue weighted by atomic mass is 19.1. The fourth-order valence-electron chi connectivity index (χ4n) is 2.08. The van der Waals surface area contributed by atoms with Crippen molar-refractivity contribution in [3.8, 4) is 11.1 Å². The smallest absolute Gasteiger partial charge is 0.336 e. The van der Waals surface area contributed by atoms with Gasteiger partial charge in [0.15, 0.2) is 0 Å². The Morgan fingerprint density at radius 3 is 2.20 bits per heavy atom. The Kier molecular flexibility index (Phi) is 2.82. The molecule has 0 bridgehead atoms. The first-order valence-corrected chi connectivity index (χ1v) is 5.73. The lowest BCUT2D eigenvalue weighted by atomic mass is 10.0. The molecule has 1 aromatic heterocycles. The van der Waals surface area contributed by atoms with E-state index < -0.39 is 23.1 Å². The van der Waals surface area contributed by atoms with E-state index >= 15 is 0 Å². The molecule has 5 heteroatoms. The van der Waals surface area contributed by atoms with Gasteiger partial charge in [0.05, 0.1) is 0 Å². The molecule has 3 aromatic rings. The molecule has 0 amide bonds. The molecule has 0 radical (unpaired) electrons. The van der Waals surface area contributed by atoms with Gasteiger partial charge in [0, 0.05) is 29.1 Å². The molecule has 100 valence electrons. The van der Waals surface area contributed by atoms with Gasteiger partial charge in [-0.25, -0.2) is 18.0 Å². The number of rotatable bonds is 1. The summed E-state index contributed by atoms with van der Waals surface area (Å²) in [5, 5.41) is 0.399. The van der Waals surface area contributed by atoms with Crippen molar-refractivity contribution >= 4 is 11.0 Å². The number of benzene rings is 2. The van der Waals surface area contributed by atoms with Crippen molar-refractivity contribution in [2.45, 2.75) is 0 Å². The van der Waals surface area contributed by atoms with E-state index in [1.54, 1.807) is 0 Å². The summed E-state index contributed by atoms with van der Waals surface area (Å²) in [6, 6.07) is 7.68. The van der Waals surface area contributed by atoms with Crippen LogP contribution in [0.25, 0.3) is 22.1 Å². The first-order valence-electron chi connectivity index (χ1n) is 5.73. The Morgan fingerprint density at radius 2 is 1.50 bits per heavy atom. The second-order valence-corrected chi connectivity index (χ2v) is 4.28. The molecule has 0 aliphatic rings. The molecule has 2 nitrogen and oxygen atoms in total. The van der Waals surface area contributed by atoms with E-state index in [0.29, 0.717) is 5.39 Å². The minimum absolute atomic E-state index is 0.0252. The number of fused-ring (bicyclic) bond motifs is 1. The highest BCUT2D eigenvalue weighted by Gasteiger charge is 2.10. The van der Waals surface area contributed by atoms with Crippen molar-refractivity contribution in [3.05, 3.63) is 70.3 Å². The molecular formula is C15H7F3O2. The molecule has 0 aliphatic carbocycles. The highest BCUT2D eigenvalue weighted by Crippen LogP contribution is 2.28. The summed E-state index contributed by atoms with van der Waals surface area (Å²) in [4.78, 5) is 11.5. The van der Waals surface area contributed by atoms with Crippen molar-refractivity contribution in [2.75, 3.05) is 0 Å². The van der Waals surface area contributed by atoms with Crippen molar-refractivity contribution < 1.29 is 17.6 Å². The molecule has 0 saturated carbocycles. The van der Waals surface area contributed by atoms with Gasteiger partial charge >= 0.3 is 5.63 Å². The molecule has 0 N–H and O–H groups in total. The van der Waals surface area contributed by atoms with Crippen LogP contribution in [0.3, 0.4) is 0 Å². The summed E-state index contributed by atoms with van der Waals surface area (Å²) in [6.45, 7) is 0. The quantitative estimate of drug-likeness (QED) is 0.631. The van der Waals surface area contributed by atoms with E-state index in [4.69, 9.17) is 4.42 Å². The van der Waals surface area contributed by atoms with Gasteiger partial charge in [-0.3, -0.25) is 0 Å². The molecule has 0 spiro atoms. The van der Waals surface area contributed by atoms with Gasteiger partial charge in [-0.2, -0.15) is 0 Å². The minimum atomic E-state index is -0.761. The molecule has 20 heavy (non-hydrogen) atoms. The summed E-state index contributed by atoms with van der Waals surface area (Å²) in [5.74, 6) is -2.09. The van der Waals surface area contributed by atoms with E-state index in [2.05, 4.69) is 0 Å². The lowest BCUT2D eigenvalue weighted by molar-refractivity contribution is 0.554.